The Bertz CT molecular complexity index is 266. The Hall–Kier alpha value is -0.810. The molecule has 2 unspecified atom stereocenters. The van der Waals surface area contributed by atoms with Crippen LogP contribution < -0.4 is 5.32 Å². The van der Waals surface area contributed by atoms with Gasteiger partial charge in [-0.1, -0.05) is 6.92 Å². The summed E-state index contributed by atoms with van der Waals surface area (Å²) in [5, 5.41) is 3.26. The third-order valence-corrected chi connectivity index (χ3v) is 3.85. The van der Waals surface area contributed by atoms with Gasteiger partial charge in [0.2, 0.25) is 0 Å². The molecule has 0 spiro atoms. The molecule has 2 atom stereocenters. The number of carbonyl (C=O) groups excluding carboxylic acids is 1. The molecule has 0 bridgehead atoms. The van der Waals surface area contributed by atoms with Crippen LogP contribution in [0.2, 0.25) is 0 Å². The smallest absolute Gasteiger partial charge is 0.320 e. The molecule has 5 heteroatoms. The average molecular weight is 241 g/mol. The highest BCUT2D eigenvalue weighted by atomic mass is 16.5. The first-order valence-corrected chi connectivity index (χ1v) is 6.49. The van der Waals surface area contributed by atoms with Crippen molar-refractivity contribution in [1.29, 1.82) is 0 Å². The zero-order valence-electron chi connectivity index (χ0n) is 10.8. The van der Waals surface area contributed by atoms with E-state index < -0.39 is 0 Å². The highest BCUT2D eigenvalue weighted by Gasteiger charge is 2.31. The zero-order valence-corrected chi connectivity index (χ0v) is 10.8. The van der Waals surface area contributed by atoms with Crippen LogP contribution in [-0.2, 0) is 4.74 Å². The number of methoxy groups -OCH3 is 1. The molecule has 0 radical (unpaired) electrons. The minimum atomic E-state index is 0.181. The third-order valence-electron chi connectivity index (χ3n) is 3.85. The monoisotopic (exact) mass is 241 g/mol. The Kier molecular flexibility index (Phi) is 4.23. The van der Waals surface area contributed by atoms with E-state index in [4.69, 9.17) is 4.74 Å². The summed E-state index contributed by atoms with van der Waals surface area (Å²) >= 11 is 0. The molecule has 0 aromatic heterocycles. The van der Waals surface area contributed by atoms with Crippen LogP contribution in [0.5, 0.6) is 0 Å². The largest absolute Gasteiger partial charge is 0.379 e. The van der Waals surface area contributed by atoms with Gasteiger partial charge >= 0.3 is 6.03 Å². The normalized spacial score (nSPS) is 30.5. The van der Waals surface area contributed by atoms with Gasteiger partial charge in [-0.25, -0.2) is 4.79 Å². The van der Waals surface area contributed by atoms with Crippen LogP contribution in [0.15, 0.2) is 0 Å². The lowest BCUT2D eigenvalue weighted by molar-refractivity contribution is 0.00172. The highest BCUT2D eigenvalue weighted by molar-refractivity contribution is 5.74. The molecule has 5 nitrogen and oxygen atoms in total. The number of hydrogen-bond donors (Lipinski definition) is 1. The Morgan fingerprint density at radius 1 is 1.24 bits per heavy atom. The number of nitrogens with one attached hydrogen (secondary N) is 1. The van der Waals surface area contributed by atoms with Gasteiger partial charge in [-0.15, -0.1) is 0 Å². The van der Waals surface area contributed by atoms with Gasteiger partial charge in [-0.05, 0) is 12.3 Å². The lowest BCUT2D eigenvalue weighted by Gasteiger charge is -2.39. The number of urea groups is 1. The Morgan fingerprint density at radius 3 is 2.59 bits per heavy atom. The van der Waals surface area contributed by atoms with E-state index in [1.165, 1.54) is 0 Å². The Morgan fingerprint density at radius 2 is 1.94 bits per heavy atom. The van der Waals surface area contributed by atoms with E-state index in [1.807, 2.05) is 9.80 Å². The molecule has 1 N–H and O–H groups in total. The van der Waals surface area contributed by atoms with E-state index in [-0.39, 0.29) is 12.1 Å². The first kappa shape index (κ1) is 12.6. The van der Waals surface area contributed by atoms with Crippen LogP contribution >= 0.6 is 0 Å². The van der Waals surface area contributed by atoms with Crippen molar-refractivity contribution in [3.8, 4) is 0 Å². The van der Waals surface area contributed by atoms with Crippen LogP contribution in [0.3, 0.4) is 0 Å². The maximum absolute atomic E-state index is 12.3. The van der Waals surface area contributed by atoms with Gasteiger partial charge in [-0.2, -0.15) is 0 Å². The fraction of sp³-hybridized carbons (Fsp3) is 0.917. The van der Waals surface area contributed by atoms with Gasteiger partial charge in [0.05, 0.1) is 6.10 Å². The summed E-state index contributed by atoms with van der Waals surface area (Å²) in [6, 6.07) is 0.181. The zero-order chi connectivity index (χ0) is 12.3. The van der Waals surface area contributed by atoms with Gasteiger partial charge in [0.25, 0.3) is 0 Å². The molecular formula is C12H23N3O2. The SMILES string of the molecule is COC1CN(C(=O)N2CCNCC2)CCC1C. The molecule has 17 heavy (non-hydrogen) atoms. The quantitative estimate of drug-likeness (QED) is 0.721. The van der Waals surface area contributed by atoms with Crippen LogP contribution in [0.1, 0.15) is 13.3 Å². The summed E-state index contributed by atoms with van der Waals surface area (Å²) in [6.07, 6.45) is 1.23. The number of piperidine rings is 1. The second kappa shape index (κ2) is 5.69. The molecule has 2 amide bonds. The van der Waals surface area contributed by atoms with E-state index in [2.05, 4.69) is 12.2 Å². The predicted octanol–water partition coefficient (Wildman–Crippen LogP) is 0.368. The minimum absolute atomic E-state index is 0.181. The lowest BCUT2D eigenvalue weighted by atomic mass is 9.96. The number of ether oxygens (including phenoxy) is 1. The van der Waals surface area contributed by atoms with Crippen molar-refractivity contribution in [2.24, 2.45) is 5.92 Å². The molecule has 2 heterocycles. The van der Waals surface area contributed by atoms with Crippen molar-refractivity contribution >= 4 is 6.03 Å². The molecule has 2 fully saturated rings. The van der Waals surface area contributed by atoms with Crippen LogP contribution in [0.4, 0.5) is 4.79 Å². The van der Waals surface area contributed by atoms with Crippen LogP contribution in [0.25, 0.3) is 0 Å². The number of nitrogens with zero attached hydrogens (tertiary/aromatic N) is 2. The van der Waals surface area contributed by atoms with Crippen LogP contribution in [0, 0.1) is 5.92 Å². The fourth-order valence-corrected chi connectivity index (χ4v) is 2.57. The second-order valence-electron chi connectivity index (χ2n) is 5.01. The molecule has 0 saturated carbocycles. The number of hydrogen-bond acceptors (Lipinski definition) is 3. The molecule has 0 aliphatic carbocycles. The molecule has 2 rings (SSSR count). The van der Waals surface area contributed by atoms with Gasteiger partial charge < -0.3 is 19.9 Å². The van der Waals surface area contributed by atoms with Gasteiger partial charge in [0.1, 0.15) is 0 Å². The summed E-state index contributed by atoms with van der Waals surface area (Å²) in [4.78, 5) is 16.2. The summed E-state index contributed by atoms with van der Waals surface area (Å²) in [5.41, 5.74) is 0. The van der Waals surface area contributed by atoms with Crippen LogP contribution in [-0.4, -0.2) is 68.3 Å². The fourth-order valence-electron chi connectivity index (χ4n) is 2.57. The summed E-state index contributed by atoms with van der Waals surface area (Å²) in [6.45, 7) is 7.25. The topological polar surface area (TPSA) is 44.8 Å². The van der Waals surface area contributed by atoms with Crippen molar-refractivity contribution in [3.05, 3.63) is 0 Å². The second-order valence-corrected chi connectivity index (χ2v) is 5.01. The van der Waals surface area contributed by atoms with Crippen molar-refractivity contribution in [2.75, 3.05) is 46.4 Å². The van der Waals surface area contributed by atoms with E-state index in [1.54, 1.807) is 7.11 Å². The number of likely N-dealkylation sites (tertiary alicyclic amines) is 1. The predicted molar refractivity (Wildman–Crippen MR) is 66.0 cm³/mol. The maximum Gasteiger partial charge on any atom is 0.320 e. The lowest BCUT2D eigenvalue weighted by Crippen LogP contribution is -2.55. The molecule has 2 aliphatic heterocycles. The molecule has 0 aromatic rings. The van der Waals surface area contributed by atoms with Crippen molar-refractivity contribution in [3.63, 3.8) is 0 Å². The van der Waals surface area contributed by atoms with Gasteiger partial charge in [0, 0.05) is 46.4 Å². The highest BCUT2D eigenvalue weighted by Crippen LogP contribution is 2.20. The molecular weight excluding hydrogens is 218 g/mol. The van der Waals surface area contributed by atoms with Crippen molar-refractivity contribution in [2.45, 2.75) is 19.4 Å². The Balaban J connectivity index is 1.90. The van der Waals surface area contributed by atoms with E-state index >= 15 is 0 Å². The van der Waals surface area contributed by atoms with E-state index in [9.17, 15) is 4.79 Å². The molecule has 2 saturated heterocycles. The molecule has 0 aromatic carbocycles. The molecule has 98 valence electrons. The number of amides is 2. The first-order valence-electron chi connectivity index (χ1n) is 6.49. The Labute approximate surface area is 103 Å². The number of rotatable bonds is 1. The van der Waals surface area contributed by atoms with Gasteiger partial charge in [-0.3, -0.25) is 0 Å². The summed E-state index contributed by atoms with van der Waals surface area (Å²) in [5.74, 6) is 0.548. The average Bonchev–Trinajstić information content (AvgIpc) is 2.39. The minimum Gasteiger partial charge on any atom is -0.379 e. The van der Waals surface area contributed by atoms with Gasteiger partial charge in [0.15, 0.2) is 0 Å². The summed E-state index contributed by atoms with van der Waals surface area (Å²) in [7, 11) is 1.74. The van der Waals surface area contributed by atoms with E-state index in [0.29, 0.717) is 5.92 Å². The summed E-state index contributed by atoms with van der Waals surface area (Å²) < 4.78 is 5.45. The first-order chi connectivity index (χ1) is 8.22. The molecule has 2 aliphatic rings. The third kappa shape index (κ3) is 2.90. The van der Waals surface area contributed by atoms with E-state index in [0.717, 1.165) is 45.7 Å². The standard InChI is InChI=1S/C12H23N3O2/c1-10-3-6-15(9-11(10)17-2)12(16)14-7-4-13-5-8-14/h10-11,13H,3-9H2,1-2H3. The van der Waals surface area contributed by atoms with Crippen molar-refractivity contribution in [1.82, 2.24) is 15.1 Å². The van der Waals surface area contributed by atoms with Crippen molar-refractivity contribution < 1.29 is 9.53 Å². The number of carbonyl (C=O) groups is 1. The number of piperazine rings is 1. The maximum atomic E-state index is 12.3.